The molecule has 6 nitrogen and oxygen atoms in total. The molecule has 3 aromatic rings. The van der Waals surface area contributed by atoms with Gasteiger partial charge < -0.3 is 9.64 Å². The first-order chi connectivity index (χ1) is 14.7. The van der Waals surface area contributed by atoms with Crippen LogP contribution in [0.25, 0.3) is 11.1 Å². The molecule has 0 saturated carbocycles. The van der Waals surface area contributed by atoms with Gasteiger partial charge in [-0.2, -0.15) is 5.10 Å². The van der Waals surface area contributed by atoms with E-state index in [9.17, 15) is 4.79 Å². The van der Waals surface area contributed by atoms with Gasteiger partial charge in [-0.05, 0) is 43.1 Å². The smallest absolute Gasteiger partial charge is 0.338 e. The molecule has 0 bridgehead atoms. The summed E-state index contributed by atoms with van der Waals surface area (Å²) in [7, 11) is 1.41. The number of aromatic nitrogens is 3. The monoisotopic (exact) mass is 404 g/mol. The Hall–Kier alpha value is -2.99. The van der Waals surface area contributed by atoms with Crippen LogP contribution < -0.4 is 0 Å². The summed E-state index contributed by atoms with van der Waals surface area (Å²) >= 11 is 0. The van der Waals surface area contributed by atoms with Gasteiger partial charge in [0.15, 0.2) is 0 Å². The predicted molar refractivity (Wildman–Crippen MR) is 116 cm³/mol. The second-order valence-corrected chi connectivity index (χ2v) is 7.71. The first-order valence-electron chi connectivity index (χ1n) is 10.6. The average molecular weight is 405 g/mol. The number of likely N-dealkylation sites (tertiary alicyclic amines) is 1. The van der Waals surface area contributed by atoms with Gasteiger partial charge in [0.25, 0.3) is 0 Å². The van der Waals surface area contributed by atoms with Crippen LogP contribution >= 0.6 is 0 Å². The van der Waals surface area contributed by atoms with E-state index in [0.29, 0.717) is 18.0 Å². The minimum atomic E-state index is -0.338. The van der Waals surface area contributed by atoms with E-state index in [2.05, 4.69) is 33.6 Å². The summed E-state index contributed by atoms with van der Waals surface area (Å²) in [5, 5.41) is 4.83. The van der Waals surface area contributed by atoms with Crippen LogP contribution in [0.5, 0.6) is 0 Å². The summed E-state index contributed by atoms with van der Waals surface area (Å²) in [4.78, 5) is 19.1. The van der Waals surface area contributed by atoms with Gasteiger partial charge in [-0.3, -0.25) is 9.67 Å². The number of nitrogens with zero attached hydrogens (tertiary/aromatic N) is 4. The maximum absolute atomic E-state index is 12.3. The van der Waals surface area contributed by atoms with Crippen LogP contribution in [0, 0.1) is 0 Å². The number of hydrogen-bond acceptors (Lipinski definition) is 5. The molecule has 4 rings (SSSR count). The van der Waals surface area contributed by atoms with E-state index in [4.69, 9.17) is 9.84 Å². The molecular weight excluding hydrogens is 376 g/mol. The van der Waals surface area contributed by atoms with E-state index in [0.717, 1.165) is 48.4 Å². The van der Waals surface area contributed by atoms with Crippen LogP contribution in [-0.4, -0.2) is 52.4 Å². The maximum Gasteiger partial charge on any atom is 0.338 e. The van der Waals surface area contributed by atoms with Crippen molar-refractivity contribution >= 4 is 5.97 Å². The SMILES string of the molecule is CCN1CCCC(n2ncc(-c3ccccc3)c2Cc2cnccc2C(=O)OC)C1. The summed E-state index contributed by atoms with van der Waals surface area (Å²) in [5.74, 6) is -0.338. The lowest BCUT2D eigenvalue weighted by atomic mass is 9.98. The fourth-order valence-corrected chi connectivity index (χ4v) is 4.31. The molecule has 1 atom stereocenters. The van der Waals surface area contributed by atoms with Crippen molar-refractivity contribution < 1.29 is 9.53 Å². The molecule has 1 saturated heterocycles. The van der Waals surface area contributed by atoms with E-state index < -0.39 is 0 Å². The Morgan fingerprint density at radius 1 is 1.20 bits per heavy atom. The second-order valence-electron chi connectivity index (χ2n) is 7.71. The third-order valence-corrected chi connectivity index (χ3v) is 5.92. The number of methoxy groups -OCH3 is 1. The molecule has 1 aromatic carbocycles. The highest BCUT2D eigenvalue weighted by Gasteiger charge is 2.25. The third kappa shape index (κ3) is 4.14. The Bertz CT molecular complexity index is 999. The van der Waals surface area contributed by atoms with Crippen LogP contribution in [0.15, 0.2) is 55.0 Å². The van der Waals surface area contributed by atoms with Crippen molar-refractivity contribution in [2.45, 2.75) is 32.2 Å². The molecule has 0 N–H and O–H groups in total. The molecular formula is C24H28N4O2. The minimum Gasteiger partial charge on any atom is -0.465 e. The molecule has 1 aliphatic heterocycles. The minimum absolute atomic E-state index is 0.324. The Labute approximate surface area is 177 Å². The molecule has 0 aliphatic carbocycles. The molecule has 156 valence electrons. The summed E-state index contributed by atoms with van der Waals surface area (Å²) in [6.07, 6.45) is 8.20. The molecule has 30 heavy (non-hydrogen) atoms. The summed E-state index contributed by atoms with van der Waals surface area (Å²) < 4.78 is 7.17. The van der Waals surface area contributed by atoms with Crippen molar-refractivity contribution in [3.8, 4) is 11.1 Å². The number of piperidine rings is 1. The van der Waals surface area contributed by atoms with Crippen LogP contribution in [0.1, 0.15) is 47.4 Å². The van der Waals surface area contributed by atoms with Crippen molar-refractivity contribution in [3.63, 3.8) is 0 Å². The lowest BCUT2D eigenvalue weighted by Crippen LogP contribution is -2.37. The lowest BCUT2D eigenvalue weighted by Gasteiger charge is -2.33. The Morgan fingerprint density at radius 2 is 2.03 bits per heavy atom. The summed E-state index contributed by atoms with van der Waals surface area (Å²) in [6, 6.07) is 12.4. The molecule has 1 unspecified atom stereocenters. The van der Waals surface area contributed by atoms with E-state index in [1.54, 1.807) is 18.5 Å². The number of carbonyl (C=O) groups is 1. The van der Waals surface area contributed by atoms with Crippen molar-refractivity contribution in [2.75, 3.05) is 26.7 Å². The molecule has 0 amide bonds. The van der Waals surface area contributed by atoms with Crippen molar-refractivity contribution in [3.05, 3.63) is 71.8 Å². The Kier molecular flexibility index (Phi) is 6.23. The molecule has 0 spiro atoms. The van der Waals surface area contributed by atoms with Gasteiger partial charge in [-0.1, -0.05) is 37.3 Å². The van der Waals surface area contributed by atoms with E-state index >= 15 is 0 Å². The predicted octanol–water partition coefficient (Wildman–Crippen LogP) is 3.98. The average Bonchev–Trinajstić information content (AvgIpc) is 3.23. The van der Waals surface area contributed by atoms with Gasteiger partial charge in [-0.25, -0.2) is 4.79 Å². The molecule has 6 heteroatoms. The largest absolute Gasteiger partial charge is 0.465 e. The second kappa shape index (κ2) is 9.22. The number of esters is 1. The van der Waals surface area contributed by atoms with Gasteiger partial charge in [0.05, 0.1) is 30.6 Å². The number of carbonyl (C=O) groups excluding carboxylic acids is 1. The number of pyridine rings is 1. The zero-order valence-electron chi connectivity index (χ0n) is 17.6. The number of rotatable bonds is 6. The number of ether oxygens (including phenoxy) is 1. The Morgan fingerprint density at radius 3 is 2.80 bits per heavy atom. The summed E-state index contributed by atoms with van der Waals surface area (Å²) in [5.41, 5.74) is 4.75. The van der Waals surface area contributed by atoms with Gasteiger partial charge >= 0.3 is 5.97 Å². The van der Waals surface area contributed by atoms with Gasteiger partial charge in [0.2, 0.25) is 0 Å². The van der Waals surface area contributed by atoms with Crippen LogP contribution in [0.2, 0.25) is 0 Å². The maximum atomic E-state index is 12.3. The number of hydrogen-bond donors (Lipinski definition) is 0. The zero-order valence-corrected chi connectivity index (χ0v) is 17.6. The van der Waals surface area contributed by atoms with Crippen LogP contribution in [-0.2, 0) is 11.2 Å². The van der Waals surface area contributed by atoms with Gasteiger partial charge in [-0.15, -0.1) is 0 Å². The first kappa shape index (κ1) is 20.3. The topological polar surface area (TPSA) is 60.2 Å². The fourth-order valence-electron chi connectivity index (χ4n) is 4.31. The third-order valence-electron chi connectivity index (χ3n) is 5.92. The van der Waals surface area contributed by atoms with Crippen LogP contribution in [0.4, 0.5) is 0 Å². The molecule has 3 heterocycles. The zero-order chi connectivity index (χ0) is 20.9. The molecule has 1 fully saturated rings. The van der Waals surface area contributed by atoms with E-state index in [-0.39, 0.29) is 5.97 Å². The van der Waals surface area contributed by atoms with E-state index in [1.807, 2.05) is 24.4 Å². The van der Waals surface area contributed by atoms with Crippen molar-refractivity contribution in [1.29, 1.82) is 0 Å². The lowest BCUT2D eigenvalue weighted by molar-refractivity contribution is 0.0599. The van der Waals surface area contributed by atoms with Gasteiger partial charge in [0.1, 0.15) is 0 Å². The highest BCUT2D eigenvalue weighted by atomic mass is 16.5. The standard InChI is InChI=1S/C24H28N4O2/c1-3-27-13-7-10-20(17-27)28-23(22(16-26-28)18-8-5-4-6-9-18)14-19-15-25-12-11-21(19)24(29)30-2/h4-6,8-9,11-12,15-16,20H,3,7,10,13-14,17H2,1-2H3. The highest BCUT2D eigenvalue weighted by molar-refractivity contribution is 5.91. The van der Waals surface area contributed by atoms with Crippen molar-refractivity contribution in [2.24, 2.45) is 0 Å². The number of benzene rings is 1. The quantitative estimate of drug-likeness (QED) is 0.582. The highest BCUT2D eigenvalue weighted by Crippen LogP contribution is 2.31. The summed E-state index contributed by atoms with van der Waals surface area (Å²) in [6.45, 7) is 5.40. The molecule has 1 aliphatic rings. The van der Waals surface area contributed by atoms with Crippen LogP contribution in [0.3, 0.4) is 0 Å². The van der Waals surface area contributed by atoms with E-state index in [1.165, 1.54) is 13.5 Å². The number of likely N-dealkylation sites (N-methyl/N-ethyl adjacent to an activating group) is 1. The fraction of sp³-hybridized carbons (Fsp3) is 0.375. The van der Waals surface area contributed by atoms with Gasteiger partial charge in [0, 0.05) is 30.9 Å². The molecule has 0 radical (unpaired) electrons. The molecule has 2 aromatic heterocycles. The normalized spacial score (nSPS) is 17.1. The van der Waals surface area contributed by atoms with Crippen molar-refractivity contribution in [1.82, 2.24) is 19.7 Å². The Balaban J connectivity index is 1.77. The first-order valence-corrected chi connectivity index (χ1v) is 10.6.